The maximum atomic E-state index is 13.8. The molecule has 2 amide bonds. The third-order valence-electron chi connectivity index (χ3n) is 6.45. The van der Waals surface area contributed by atoms with Crippen molar-refractivity contribution in [3.63, 3.8) is 0 Å². The number of hydrogen-bond acceptors (Lipinski definition) is 2. The fraction of sp³-hybridized carbons (Fsp3) is 0.375. The number of nitrogens with zero attached hydrogens (tertiary/aromatic N) is 1. The number of hydrogen-bond donors (Lipinski definition) is 1. The highest BCUT2D eigenvalue weighted by Crippen LogP contribution is 2.24. The van der Waals surface area contributed by atoms with Crippen LogP contribution in [0, 0.1) is 0 Å². The zero-order valence-electron chi connectivity index (χ0n) is 22.6. The van der Waals surface area contributed by atoms with Gasteiger partial charge in [0.1, 0.15) is 6.04 Å². The SMILES string of the molecule is CC(C)NC(=O)[C@H](Cc1ccccc1)N(Cc1ccccc1Cl)C(=O)CCc1ccc(C(C)(C)C)cc1. The normalized spacial score (nSPS) is 12.3. The van der Waals surface area contributed by atoms with Gasteiger partial charge in [0.25, 0.3) is 0 Å². The number of carbonyl (C=O) groups excluding carboxylic acids is 2. The van der Waals surface area contributed by atoms with Gasteiger partial charge in [-0.15, -0.1) is 0 Å². The molecular weight excluding hydrogens is 480 g/mol. The summed E-state index contributed by atoms with van der Waals surface area (Å²) in [5.41, 5.74) is 4.26. The number of benzene rings is 3. The van der Waals surface area contributed by atoms with E-state index in [1.807, 2.05) is 68.4 Å². The Labute approximate surface area is 227 Å². The van der Waals surface area contributed by atoms with Crippen LogP contribution in [0.3, 0.4) is 0 Å². The molecular formula is C32H39ClN2O2. The van der Waals surface area contributed by atoms with Crippen LogP contribution >= 0.6 is 11.6 Å². The van der Waals surface area contributed by atoms with E-state index >= 15 is 0 Å². The molecule has 37 heavy (non-hydrogen) atoms. The maximum absolute atomic E-state index is 13.8. The Morgan fingerprint density at radius 3 is 2.08 bits per heavy atom. The first-order chi connectivity index (χ1) is 17.5. The molecule has 196 valence electrons. The summed E-state index contributed by atoms with van der Waals surface area (Å²) in [6, 6.07) is 25.1. The van der Waals surface area contributed by atoms with Crippen LogP contribution in [0.15, 0.2) is 78.9 Å². The van der Waals surface area contributed by atoms with Gasteiger partial charge in [-0.25, -0.2) is 0 Å². The Morgan fingerprint density at radius 1 is 0.865 bits per heavy atom. The average molecular weight is 519 g/mol. The zero-order chi connectivity index (χ0) is 27.0. The van der Waals surface area contributed by atoms with Crippen LogP contribution < -0.4 is 5.32 Å². The number of aryl methyl sites for hydroxylation is 1. The number of amides is 2. The molecule has 0 bridgehead atoms. The van der Waals surface area contributed by atoms with E-state index in [1.54, 1.807) is 4.90 Å². The average Bonchev–Trinajstić information content (AvgIpc) is 2.85. The minimum absolute atomic E-state index is 0.0376. The van der Waals surface area contributed by atoms with Gasteiger partial charge in [-0.1, -0.05) is 105 Å². The van der Waals surface area contributed by atoms with Crippen LogP contribution in [-0.2, 0) is 34.4 Å². The third kappa shape index (κ3) is 8.46. The predicted octanol–water partition coefficient (Wildman–Crippen LogP) is 6.73. The molecule has 5 heteroatoms. The van der Waals surface area contributed by atoms with Gasteiger partial charge in [0.15, 0.2) is 0 Å². The number of carbonyl (C=O) groups is 2. The summed E-state index contributed by atoms with van der Waals surface area (Å²) in [6.45, 7) is 10.7. The number of halogens is 1. The van der Waals surface area contributed by atoms with E-state index in [0.717, 1.165) is 16.7 Å². The molecule has 0 aromatic heterocycles. The molecule has 1 N–H and O–H groups in total. The standard InChI is InChI=1S/C32H39ClN2O2/c1-23(2)34-31(37)29(21-25-11-7-6-8-12-25)35(22-26-13-9-10-14-28(26)33)30(36)20-17-24-15-18-27(19-16-24)32(3,4)5/h6-16,18-19,23,29H,17,20-22H2,1-5H3,(H,34,37)/t29-/m0/s1. The first-order valence-electron chi connectivity index (χ1n) is 13.0. The second-order valence-electron chi connectivity index (χ2n) is 10.9. The molecule has 0 heterocycles. The second kappa shape index (κ2) is 12.9. The molecule has 3 rings (SSSR count). The van der Waals surface area contributed by atoms with E-state index < -0.39 is 6.04 Å². The van der Waals surface area contributed by atoms with Gasteiger partial charge in [-0.05, 0) is 54.0 Å². The van der Waals surface area contributed by atoms with Crippen LogP contribution in [-0.4, -0.2) is 28.8 Å². The zero-order valence-corrected chi connectivity index (χ0v) is 23.4. The van der Waals surface area contributed by atoms with Crippen molar-refractivity contribution in [1.82, 2.24) is 10.2 Å². The molecule has 0 aliphatic carbocycles. The number of nitrogens with one attached hydrogen (secondary N) is 1. The van der Waals surface area contributed by atoms with Crippen LogP contribution in [0.25, 0.3) is 0 Å². The van der Waals surface area contributed by atoms with E-state index in [9.17, 15) is 9.59 Å². The van der Waals surface area contributed by atoms with Gasteiger partial charge >= 0.3 is 0 Å². The monoisotopic (exact) mass is 518 g/mol. The number of rotatable bonds is 10. The van der Waals surface area contributed by atoms with Crippen molar-refractivity contribution in [3.05, 3.63) is 106 Å². The lowest BCUT2D eigenvalue weighted by Gasteiger charge is -2.32. The van der Waals surface area contributed by atoms with E-state index in [1.165, 1.54) is 5.56 Å². The lowest BCUT2D eigenvalue weighted by Crippen LogP contribution is -2.51. The van der Waals surface area contributed by atoms with Crippen molar-refractivity contribution in [3.8, 4) is 0 Å². The van der Waals surface area contributed by atoms with E-state index in [0.29, 0.717) is 24.3 Å². The van der Waals surface area contributed by atoms with Crippen LogP contribution in [0.4, 0.5) is 0 Å². The molecule has 3 aromatic rings. The molecule has 0 unspecified atom stereocenters. The smallest absolute Gasteiger partial charge is 0.243 e. The van der Waals surface area contributed by atoms with Crippen molar-refractivity contribution >= 4 is 23.4 Å². The fourth-order valence-corrected chi connectivity index (χ4v) is 4.51. The highest BCUT2D eigenvalue weighted by Gasteiger charge is 2.31. The molecule has 0 aliphatic heterocycles. The minimum atomic E-state index is -0.656. The fourth-order valence-electron chi connectivity index (χ4n) is 4.31. The minimum Gasteiger partial charge on any atom is -0.352 e. The van der Waals surface area contributed by atoms with Crippen LogP contribution in [0.5, 0.6) is 0 Å². The highest BCUT2D eigenvalue weighted by molar-refractivity contribution is 6.31. The summed E-state index contributed by atoms with van der Waals surface area (Å²) in [5.74, 6) is -0.228. The van der Waals surface area contributed by atoms with Crippen molar-refractivity contribution < 1.29 is 9.59 Å². The first-order valence-corrected chi connectivity index (χ1v) is 13.4. The summed E-state index contributed by atoms with van der Waals surface area (Å²) in [6.07, 6.45) is 1.33. The van der Waals surface area contributed by atoms with E-state index in [2.05, 4.69) is 50.4 Å². The van der Waals surface area contributed by atoms with Crippen molar-refractivity contribution in [2.24, 2.45) is 0 Å². The molecule has 0 saturated heterocycles. The molecule has 0 saturated carbocycles. The van der Waals surface area contributed by atoms with Crippen molar-refractivity contribution in [1.29, 1.82) is 0 Å². The van der Waals surface area contributed by atoms with Crippen molar-refractivity contribution in [2.75, 3.05) is 0 Å². The Balaban J connectivity index is 1.89. The summed E-state index contributed by atoms with van der Waals surface area (Å²) >= 11 is 6.49. The largest absolute Gasteiger partial charge is 0.352 e. The van der Waals surface area contributed by atoms with Crippen molar-refractivity contribution in [2.45, 2.75) is 77.9 Å². The summed E-state index contributed by atoms with van der Waals surface area (Å²) in [5, 5.41) is 3.61. The molecule has 0 radical (unpaired) electrons. The van der Waals surface area contributed by atoms with E-state index in [4.69, 9.17) is 11.6 Å². The molecule has 0 aliphatic rings. The summed E-state index contributed by atoms with van der Waals surface area (Å²) < 4.78 is 0. The molecule has 1 atom stereocenters. The lowest BCUT2D eigenvalue weighted by molar-refractivity contribution is -0.141. The second-order valence-corrected chi connectivity index (χ2v) is 11.3. The van der Waals surface area contributed by atoms with Gasteiger partial charge < -0.3 is 10.2 Å². The molecule has 4 nitrogen and oxygen atoms in total. The maximum Gasteiger partial charge on any atom is 0.243 e. The summed E-state index contributed by atoms with van der Waals surface area (Å²) in [4.78, 5) is 28.9. The molecule has 0 fully saturated rings. The van der Waals surface area contributed by atoms with Gasteiger partial charge in [-0.3, -0.25) is 9.59 Å². The van der Waals surface area contributed by atoms with Gasteiger partial charge in [0.05, 0.1) is 0 Å². The molecule has 0 spiro atoms. The lowest BCUT2D eigenvalue weighted by atomic mass is 9.86. The highest BCUT2D eigenvalue weighted by atomic mass is 35.5. The van der Waals surface area contributed by atoms with E-state index in [-0.39, 0.29) is 29.8 Å². The Kier molecular flexibility index (Phi) is 9.93. The van der Waals surface area contributed by atoms with Crippen LogP contribution in [0.2, 0.25) is 5.02 Å². The Hall–Kier alpha value is -3.11. The van der Waals surface area contributed by atoms with Crippen LogP contribution in [0.1, 0.15) is 63.3 Å². The van der Waals surface area contributed by atoms with Gasteiger partial charge in [-0.2, -0.15) is 0 Å². The third-order valence-corrected chi connectivity index (χ3v) is 6.82. The Bertz CT molecular complexity index is 1170. The topological polar surface area (TPSA) is 49.4 Å². The molecule has 3 aromatic carbocycles. The van der Waals surface area contributed by atoms with Gasteiger partial charge in [0.2, 0.25) is 11.8 Å². The van der Waals surface area contributed by atoms with Gasteiger partial charge in [0, 0.05) is 30.5 Å². The Morgan fingerprint density at radius 2 is 1.49 bits per heavy atom. The quantitative estimate of drug-likeness (QED) is 0.323. The first kappa shape index (κ1) is 28.5. The summed E-state index contributed by atoms with van der Waals surface area (Å²) in [7, 11) is 0. The predicted molar refractivity (Wildman–Crippen MR) is 153 cm³/mol.